The largest absolute Gasteiger partial charge is 0.479 e. The highest BCUT2D eigenvalue weighted by molar-refractivity contribution is 5.71. The minimum absolute atomic E-state index is 0.619. The average molecular weight is 144 g/mol. The lowest BCUT2D eigenvalue weighted by molar-refractivity contribution is -0.149. The molecule has 0 saturated heterocycles. The lowest BCUT2D eigenvalue weighted by Gasteiger charge is -2.05. The van der Waals surface area contributed by atoms with Crippen LogP contribution in [0.1, 0.15) is 19.8 Å². The van der Waals surface area contributed by atoms with Gasteiger partial charge >= 0.3 is 5.97 Å². The van der Waals surface area contributed by atoms with Crippen LogP contribution in [-0.4, -0.2) is 23.8 Å². The van der Waals surface area contributed by atoms with E-state index in [0.717, 1.165) is 0 Å². The normalized spacial score (nSPS) is 20.5. The molecule has 1 atom stereocenters. The summed E-state index contributed by atoms with van der Waals surface area (Å²) >= 11 is 0. The van der Waals surface area contributed by atoms with Gasteiger partial charge in [0.05, 0.1) is 6.61 Å². The smallest absolute Gasteiger partial charge is 0.332 e. The molecule has 0 heterocycles. The molecule has 0 radical (unpaired) electrons. The maximum Gasteiger partial charge on any atom is 0.332 e. The minimum Gasteiger partial charge on any atom is -0.479 e. The second-order valence-electron chi connectivity index (χ2n) is 2.76. The summed E-state index contributed by atoms with van der Waals surface area (Å²) in [7, 11) is 0. The van der Waals surface area contributed by atoms with Gasteiger partial charge in [-0.1, -0.05) is 0 Å². The van der Waals surface area contributed by atoms with Crippen LogP contribution in [0.15, 0.2) is 0 Å². The summed E-state index contributed by atoms with van der Waals surface area (Å²) in [6.07, 6.45) is 1.76. The van der Waals surface area contributed by atoms with Gasteiger partial charge in [0.15, 0.2) is 6.10 Å². The molecule has 58 valence electrons. The Bertz CT molecular complexity index is 129. The zero-order valence-electron chi connectivity index (χ0n) is 6.04. The second-order valence-corrected chi connectivity index (χ2v) is 2.76. The van der Waals surface area contributed by atoms with Crippen molar-refractivity contribution in [3.8, 4) is 0 Å². The van der Waals surface area contributed by atoms with Gasteiger partial charge in [-0.3, -0.25) is 0 Å². The Balaban J connectivity index is 2.05. The number of rotatable bonds is 4. The zero-order valence-corrected chi connectivity index (χ0v) is 6.04. The van der Waals surface area contributed by atoms with Gasteiger partial charge < -0.3 is 9.84 Å². The third-order valence-electron chi connectivity index (χ3n) is 1.63. The average Bonchev–Trinajstić information content (AvgIpc) is 2.64. The summed E-state index contributed by atoms with van der Waals surface area (Å²) in [6, 6.07) is 0. The van der Waals surface area contributed by atoms with Crippen LogP contribution in [-0.2, 0) is 9.53 Å². The Morgan fingerprint density at radius 1 is 1.80 bits per heavy atom. The fourth-order valence-electron chi connectivity index (χ4n) is 0.636. The van der Waals surface area contributed by atoms with Gasteiger partial charge in [-0.05, 0) is 25.7 Å². The molecular weight excluding hydrogens is 132 g/mol. The first kappa shape index (κ1) is 7.54. The van der Waals surface area contributed by atoms with Crippen LogP contribution < -0.4 is 0 Å². The Labute approximate surface area is 60.0 Å². The molecule has 0 aliphatic heterocycles. The Morgan fingerprint density at radius 3 is 2.80 bits per heavy atom. The van der Waals surface area contributed by atoms with E-state index in [0.29, 0.717) is 12.5 Å². The van der Waals surface area contributed by atoms with Gasteiger partial charge in [0.2, 0.25) is 0 Å². The molecule has 1 fully saturated rings. The maximum atomic E-state index is 10.2. The number of ether oxygens (including phenoxy) is 1. The molecule has 0 aromatic carbocycles. The quantitative estimate of drug-likeness (QED) is 0.637. The summed E-state index contributed by atoms with van der Waals surface area (Å²) in [4.78, 5) is 10.2. The van der Waals surface area contributed by atoms with E-state index in [-0.39, 0.29) is 0 Å². The van der Waals surface area contributed by atoms with Gasteiger partial charge in [-0.15, -0.1) is 0 Å². The standard InChI is InChI=1S/C7H12O3/c1-5(7(8)9)10-4-6-2-3-6/h5-6H,2-4H2,1H3,(H,8,9). The highest BCUT2D eigenvalue weighted by Crippen LogP contribution is 2.29. The van der Waals surface area contributed by atoms with Crippen LogP contribution in [0.25, 0.3) is 0 Å². The van der Waals surface area contributed by atoms with Crippen LogP contribution in [0.3, 0.4) is 0 Å². The molecule has 0 spiro atoms. The SMILES string of the molecule is CC(OCC1CC1)C(=O)O. The van der Waals surface area contributed by atoms with Gasteiger partial charge in [0.25, 0.3) is 0 Å². The number of carboxylic acids is 1. The van der Waals surface area contributed by atoms with E-state index in [1.807, 2.05) is 0 Å². The topological polar surface area (TPSA) is 46.5 Å². The molecule has 0 amide bonds. The first-order valence-corrected chi connectivity index (χ1v) is 3.54. The van der Waals surface area contributed by atoms with E-state index in [1.165, 1.54) is 12.8 Å². The van der Waals surface area contributed by atoms with Crippen LogP contribution in [0.4, 0.5) is 0 Å². The molecule has 3 nitrogen and oxygen atoms in total. The molecule has 1 N–H and O–H groups in total. The third-order valence-corrected chi connectivity index (χ3v) is 1.63. The Kier molecular flexibility index (Phi) is 2.27. The lowest BCUT2D eigenvalue weighted by Crippen LogP contribution is -2.20. The molecule has 0 aromatic rings. The van der Waals surface area contributed by atoms with Crippen molar-refractivity contribution < 1.29 is 14.6 Å². The molecule has 10 heavy (non-hydrogen) atoms. The van der Waals surface area contributed by atoms with Crippen molar-refractivity contribution in [3.63, 3.8) is 0 Å². The van der Waals surface area contributed by atoms with Crippen molar-refractivity contribution in [3.05, 3.63) is 0 Å². The van der Waals surface area contributed by atoms with Crippen molar-refractivity contribution in [2.45, 2.75) is 25.9 Å². The molecule has 0 aromatic heterocycles. The highest BCUT2D eigenvalue weighted by Gasteiger charge is 2.23. The van der Waals surface area contributed by atoms with E-state index in [4.69, 9.17) is 9.84 Å². The number of carboxylic acid groups (broad SMARTS) is 1. The van der Waals surface area contributed by atoms with Gasteiger partial charge in [-0.25, -0.2) is 4.79 Å². The molecule has 1 aliphatic rings. The summed E-state index contributed by atoms with van der Waals surface area (Å²) in [5.41, 5.74) is 0. The van der Waals surface area contributed by atoms with Crippen molar-refractivity contribution in [2.24, 2.45) is 5.92 Å². The number of aliphatic carboxylic acids is 1. The van der Waals surface area contributed by atoms with Crippen molar-refractivity contribution in [1.29, 1.82) is 0 Å². The Hall–Kier alpha value is -0.570. The van der Waals surface area contributed by atoms with Crippen molar-refractivity contribution >= 4 is 5.97 Å². The lowest BCUT2D eigenvalue weighted by atomic mass is 10.4. The number of hydrogen-bond donors (Lipinski definition) is 1. The fraction of sp³-hybridized carbons (Fsp3) is 0.857. The van der Waals surface area contributed by atoms with Gasteiger partial charge in [-0.2, -0.15) is 0 Å². The second kappa shape index (κ2) is 3.01. The predicted octanol–water partition coefficient (Wildman–Crippen LogP) is 0.886. The minimum atomic E-state index is -0.874. The predicted molar refractivity (Wildman–Crippen MR) is 35.8 cm³/mol. The maximum absolute atomic E-state index is 10.2. The van der Waals surface area contributed by atoms with E-state index in [1.54, 1.807) is 6.92 Å². The van der Waals surface area contributed by atoms with Crippen molar-refractivity contribution in [1.82, 2.24) is 0 Å². The zero-order chi connectivity index (χ0) is 7.56. The van der Waals surface area contributed by atoms with E-state index < -0.39 is 12.1 Å². The third kappa shape index (κ3) is 2.35. The highest BCUT2D eigenvalue weighted by atomic mass is 16.5. The first-order chi connectivity index (χ1) is 4.70. The van der Waals surface area contributed by atoms with E-state index in [2.05, 4.69) is 0 Å². The molecule has 1 saturated carbocycles. The molecule has 1 aliphatic carbocycles. The van der Waals surface area contributed by atoms with Crippen LogP contribution in [0.5, 0.6) is 0 Å². The van der Waals surface area contributed by atoms with Crippen LogP contribution in [0, 0.1) is 5.92 Å². The number of carbonyl (C=O) groups is 1. The molecule has 1 unspecified atom stereocenters. The number of hydrogen-bond acceptors (Lipinski definition) is 2. The van der Waals surface area contributed by atoms with E-state index >= 15 is 0 Å². The van der Waals surface area contributed by atoms with Gasteiger partial charge in [0.1, 0.15) is 0 Å². The van der Waals surface area contributed by atoms with Crippen LogP contribution in [0.2, 0.25) is 0 Å². The molecule has 0 bridgehead atoms. The summed E-state index contributed by atoms with van der Waals surface area (Å²) in [6.45, 7) is 2.18. The molecular formula is C7H12O3. The monoisotopic (exact) mass is 144 g/mol. The summed E-state index contributed by atoms with van der Waals surface area (Å²) in [5, 5.41) is 8.39. The van der Waals surface area contributed by atoms with Crippen molar-refractivity contribution in [2.75, 3.05) is 6.61 Å². The van der Waals surface area contributed by atoms with E-state index in [9.17, 15) is 4.79 Å². The summed E-state index contributed by atoms with van der Waals surface area (Å²) < 4.78 is 5.03. The Morgan fingerprint density at radius 2 is 2.40 bits per heavy atom. The van der Waals surface area contributed by atoms with Crippen LogP contribution >= 0.6 is 0 Å². The summed E-state index contributed by atoms with van der Waals surface area (Å²) in [5.74, 6) is -0.234. The fourth-order valence-corrected chi connectivity index (χ4v) is 0.636. The van der Waals surface area contributed by atoms with Gasteiger partial charge in [0, 0.05) is 0 Å². The molecule has 3 heteroatoms. The molecule has 1 rings (SSSR count). The first-order valence-electron chi connectivity index (χ1n) is 3.54.